The van der Waals surface area contributed by atoms with E-state index in [-0.39, 0.29) is 5.12 Å². The molecule has 0 saturated heterocycles. The maximum Gasteiger partial charge on any atom is 0.185 e. The van der Waals surface area contributed by atoms with Gasteiger partial charge in [-0.2, -0.15) is 0 Å². The highest BCUT2D eigenvalue weighted by atomic mass is 35.5. The van der Waals surface area contributed by atoms with Crippen molar-refractivity contribution in [3.8, 4) is 11.8 Å². The Morgan fingerprint density at radius 2 is 2.19 bits per heavy atom. The third-order valence-corrected chi connectivity index (χ3v) is 3.06. The number of thioether (sulfide) groups is 1. The van der Waals surface area contributed by atoms with Crippen LogP contribution in [0.25, 0.3) is 0 Å². The molecule has 0 saturated carbocycles. The second-order valence-electron chi connectivity index (χ2n) is 3.02. The number of halogens is 2. The first-order valence-electron chi connectivity index (χ1n) is 4.67. The summed E-state index contributed by atoms with van der Waals surface area (Å²) in [7, 11) is 0. The smallest absolute Gasteiger partial charge is 0.185 e. The molecule has 84 valence electrons. The van der Waals surface area contributed by atoms with Gasteiger partial charge in [-0.3, -0.25) is 4.79 Å². The fourth-order valence-electron chi connectivity index (χ4n) is 0.997. The second kappa shape index (κ2) is 6.85. The molecule has 1 nitrogen and oxygen atoms in total. The fraction of sp³-hybridized carbons (Fsp3) is 0.250. The average molecular weight is 273 g/mol. The molecule has 4 heteroatoms. The van der Waals surface area contributed by atoms with Gasteiger partial charge in [-0.05, 0) is 18.2 Å². The number of carbonyl (C=O) groups is 1. The summed E-state index contributed by atoms with van der Waals surface area (Å²) in [4.78, 5) is 10.7. The van der Waals surface area contributed by atoms with E-state index in [9.17, 15) is 4.79 Å². The van der Waals surface area contributed by atoms with Crippen molar-refractivity contribution in [2.75, 3.05) is 5.75 Å². The Morgan fingerprint density at radius 3 is 2.88 bits per heavy atom. The van der Waals surface area contributed by atoms with E-state index in [2.05, 4.69) is 11.8 Å². The lowest BCUT2D eigenvalue weighted by molar-refractivity contribution is -0.109. The van der Waals surface area contributed by atoms with Crippen LogP contribution in [0.4, 0.5) is 0 Å². The van der Waals surface area contributed by atoms with Gasteiger partial charge in [0.15, 0.2) is 5.12 Å². The van der Waals surface area contributed by atoms with Crippen molar-refractivity contribution in [2.24, 2.45) is 0 Å². The average Bonchev–Trinajstić information content (AvgIpc) is 2.22. The zero-order valence-electron chi connectivity index (χ0n) is 8.72. The lowest BCUT2D eigenvalue weighted by Crippen LogP contribution is -1.84. The monoisotopic (exact) mass is 272 g/mol. The van der Waals surface area contributed by atoms with Gasteiger partial charge in [0.1, 0.15) is 0 Å². The summed E-state index contributed by atoms with van der Waals surface area (Å²) in [6.07, 6.45) is 0.660. The zero-order chi connectivity index (χ0) is 12.0. The van der Waals surface area contributed by atoms with Crippen LogP contribution >= 0.6 is 35.0 Å². The molecule has 0 aliphatic carbocycles. The van der Waals surface area contributed by atoms with E-state index < -0.39 is 0 Å². The van der Waals surface area contributed by atoms with Gasteiger partial charge in [0.25, 0.3) is 0 Å². The van der Waals surface area contributed by atoms with Gasteiger partial charge in [-0.15, -0.1) is 0 Å². The SMILES string of the molecule is CC(=O)SCCC#Cc1cc(Cl)ccc1Cl. The third kappa shape index (κ3) is 4.94. The first-order chi connectivity index (χ1) is 7.59. The summed E-state index contributed by atoms with van der Waals surface area (Å²) in [6, 6.07) is 5.17. The lowest BCUT2D eigenvalue weighted by Gasteiger charge is -1.95. The Balaban J connectivity index is 2.56. The van der Waals surface area contributed by atoms with Crippen LogP contribution in [0.3, 0.4) is 0 Å². The molecule has 0 fully saturated rings. The maximum atomic E-state index is 10.7. The Hall–Kier alpha value is -0.620. The first kappa shape index (κ1) is 13.4. The van der Waals surface area contributed by atoms with Crippen LogP contribution in [-0.4, -0.2) is 10.9 Å². The Morgan fingerprint density at radius 1 is 1.44 bits per heavy atom. The highest BCUT2D eigenvalue weighted by Gasteiger charge is 1.97. The summed E-state index contributed by atoms with van der Waals surface area (Å²) in [5.41, 5.74) is 0.724. The van der Waals surface area contributed by atoms with E-state index in [0.29, 0.717) is 22.2 Å². The minimum absolute atomic E-state index is 0.114. The molecule has 1 aromatic rings. The molecular weight excluding hydrogens is 263 g/mol. The number of rotatable bonds is 2. The standard InChI is InChI=1S/C12H10Cl2OS/c1-9(15)16-7-3-2-4-10-8-11(13)5-6-12(10)14/h5-6,8H,3,7H2,1H3. The van der Waals surface area contributed by atoms with Crippen LogP contribution in [0.2, 0.25) is 10.0 Å². The van der Waals surface area contributed by atoms with Gasteiger partial charge in [0.05, 0.1) is 5.02 Å². The quantitative estimate of drug-likeness (QED) is 0.598. The first-order valence-corrected chi connectivity index (χ1v) is 6.41. The minimum Gasteiger partial charge on any atom is -0.288 e. The topological polar surface area (TPSA) is 17.1 Å². The van der Waals surface area contributed by atoms with Crippen molar-refractivity contribution in [3.63, 3.8) is 0 Å². The van der Waals surface area contributed by atoms with Crippen molar-refractivity contribution >= 4 is 40.1 Å². The highest BCUT2D eigenvalue weighted by molar-refractivity contribution is 8.13. The van der Waals surface area contributed by atoms with Crippen LogP contribution < -0.4 is 0 Å². The van der Waals surface area contributed by atoms with Gasteiger partial charge >= 0.3 is 0 Å². The van der Waals surface area contributed by atoms with Gasteiger partial charge in [0, 0.05) is 29.7 Å². The molecule has 0 amide bonds. The van der Waals surface area contributed by atoms with E-state index in [4.69, 9.17) is 23.2 Å². The Labute approximate surface area is 110 Å². The number of benzene rings is 1. The Bertz CT molecular complexity index is 446. The lowest BCUT2D eigenvalue weighted by atomic mass is 10.2. The van der Waals surface area contributed by atoms with Crippen LogP contribution in [0.1, 0.15) is 18.9 Å². The molecule has 1 aromatic carbocycles. The Kier molecular flexibility index (Phi) is 5.76. The van der Waals surface area contributed by atoms with Crippen molar-refractivity contribution in [1.82, 2.24) is 0 Å². The zero-order valence-corrected chi connectivity index (χ0v) is 11.0. The molecular formula is C12H10Cl2OS. The third-order valence-electron chi connectivity index (χ3n) is 1.68. The molecule has 0 heterocycles. The number of hydrogen-bond acceptors (Lipinski definition) is 2. The summed E-state index contributed by atoms with van der Waals surface area (Å²) >= 11 is 13.0. The van der Waals surface area contributed by atoms with Gasteiger partial charge in [-0.1, -0.05) is 46.8 Å². The predicted molar refractivity (Wildman–Crippen MR) is 71.1 cm³/mol. The van der Waals surface area contributed by atoms with Crippen molar-refractivity contribution < 1.29 is 4.79 Å². The highest BCUT2D eigenvalue weighted by Crippen LogP contribution is 2.19. The molecule has 0 spiro atoms. The molecule has 0 bridgehead atoms. The molecule has 0 aliphatic rings. The van der Waals surface area contributed by atoms with E-state index >= 15 is 0 Å². The molecule has 0 aromatic heterocycles. The van der Waals surface area contributed by atoms with Gasteiger partial charge in [0.2, 0.25) is 0 Å². The largest absolute Gasteiger partial charge is 0.288 e. The van der Waals surface area contributed by atoms with E-state index in [0.717, 1.165) is 5.56 Å². The van der Waals surface area contributed by atoms with Crippen molar-refractivity contribution in [1.29, 1.82) is 0 Å². The summed E-state index contributed by atoms with van der Waals surface area (Å²) in [5.74, 6) is 6.60. The predicted octanol–water partition coefficient (Wildman–Crippen LogP) is 4.01. The normalized spacial score (nSPS) is 9.44. The molecule has 0 N–H and O–H groups in total. The molecule has 1 rings (SSSR count). The van der Waals surface area contributed by atoms with E-state index in [1.807, 2.05) is 0 Å². The van der Waals surface area contributed by atoms with E-state index in [1.165, 1.54) is 11.8 Å². The molecule has 16 heavy (non-hydrogen) atoms. The summed E-state index contributed by atoms with van der Waals surface area (Å²) < 4.78 is 0. The van der Waals surface area contributed by atoms with E-state index in [1.54, 1.807) is 25.1 Å². The van der Waals surface area contributed by atoms with Gasteiger partial charge < -0.3 is 0 Å². The minimum atomic E-state index is 0.114. The summed E-state index contributed by atoms with van der Waals surface area (Å²) in [6.45, 7) is 1.55. The summed E-state index contributed by atoms with van der Waals surface area (Å²) in [5, 5.41) is 1.32. The fourth-order valence-corrected chi connectivity index (χ4v) is 1.83. The molecule has 0 aliphatic heterocycles. The van der Waals surface area contributed by atoms with Crippen molar-refractivity contribution in [2.45, 2.75) is 13.3 Å². The van der Waals surface area contributed by atoms with Crippen molar-refractivity contribution in [3.05, 3.63) is 33.8 Å². The molecule has 0 radical (unpaired) electrons. The van der Waals surface area contributed by atoms with Gasteiger partial charge in [-0.25, -0.2) is 0 Å². The van der Waals surface area contributed by atoms with Crippen LogP contribution in [0.15, 0.2) is 18.2 Å². The second-order valence-corrected chi connectivity index (χ2v) is 5.13. The molecule has 0 unspecified atom stereocenters. The number of carbonyl (C=O) groups excluding carboxylic acids is 1. The molecule has 0 atom stereocenters. The van der Waals surface area contributed by atoms with Crippen LogP contribution in [0, 0.1) is 11.8 Å². The number of hydrogen-bond donors (Lipinski definition) is 0. The van der Waals surface area contributed by atoms with Crippen LogP contribution in [0.5, 0.6) is 0 Å². The van der Waals surface area contributed by atoms with Crippen LogP contribution in [-0.2, 0) is 4.79 Å². The maximum absolute atomic E-state index is 10.7.